The number of thioether (sulfide) groups is 2. The Labute approximate surface area is 289 Å². The lowest BCUT2D eigenvalue weighted by Gasteiger charge is -2.09. The first kappa shape index (κ1) is 37.1. The van der Waals surface area contributed by atoms with E-state index >= 15 is 0 Å². The Kier molecular flexibility index (Phi) is 14.8. The molecule has 12 nitrogen and oxygen atoms in total. The van der Waals surface area contributed by atoms with Crippen LogP contribution in [0.5, 0.6) is 17.2 Å². The van der Waals surface area contributed by atoms with Crippen molar-refractivity contribution in [1.82, 2.24) is 24.5 Å². The minimum atomic E-state index is -0.407. The number of carbonyl (C=O) groups excluding carboxylic acids is 2. The Balaban J connectivity index is 0.000000206. The number of anilines is 1. The number of hydrogen-bond acceptors (Lipinski definition) is 13. The quantitative estimate of drug-likeness (QED) is 0.0773. The second-order valence-electron chi connectivity index (χ2n) is 8.91. The molecule has 2 aromatic carbocycles. The molecule has 5 rings (SSSR count). The molecule has 0 aliphatic rings. The van der Waals surface area contributed by atoms with E-state index in [0.717, 1.165) is 11.7 Å². The first-order chi connectivity index (χ1) is 22.6. The highest BCUT2D eigenvalue weighted by Gasteiger charge is 2.11. The van der Waals surface area contributed by atoms with Gasteiger partial charge in [0.25, 0.3) is 5.56 Å². The van der Waals surface area contributed by atoms with Gasteiger partial charge in [-0.25, -0.2) is 24.7 Å². The fourth-order valence-corrected chi connectivity index (χ4v) is 4.42. The van der Waals surface area contributed by atoms with Gasteiger partial charge in [-0.05, 0) is 67.1 Å². The van der Waals surface area contributed by atoms with Crippen LogP contribution in [0.4, 0.5) is 5.82 Å². The Morgan fingerprint density at radius 3 is 2.06 bits per heavy atom. The number of nitrogens with one attached hydrogen (secondary N) is 1. The highest BCUT2D eigenvalue weighted by atomic mass is 35.5. The number of halogens is 2. The number of ether oxygens (including phenoxy) is 3. The Morgan fingerprint density at radius 2 is 1.51 bits per heavy atom. The van der Waals surface area contributed by atoms with Gasteiger partial charge >= 0.3 is 5.97 Å². The number of nitrogens with zero attached hydrogens (tertiary/aromatic N) is 5. The van der Waals surface area contributed by atoms with Crippen LogP contribution in [0, 0.1) is 0 Å². The monoisotopic (exact) mass is 716 g/mol. The molecule has 0 saturated carbocycles. The predicted molar refractivity (Wildman–Crippen MR) is 186 cm³/mol. The fraction of sp³-hybridized carbons (Fsp3) is 0.194. The number of pyridine rings is 1. The minimum Gasteiger partial charge on any atom is -0.482 e. The van der Waals surface area contributed by atoms with E-state index in [4.69, 9.17) is 32.7 Å². The summed E-state index contributed by atoms with van der Waals surface area (Å²) >= 11 is 14.4. The van der Waals surface area contributed by atoms with E-state index in [1.165, 1.54) is 41.4 Å². The number of carbonyl (C=O) groups is 2. The third kappa shape index (κ3) is 11.1. The molecule has 0 radical (unpaired) electrons. The van der Waals surface area contributed by atoms with Crippen LogP contribution in [0.15, 0.2) is 82.1 Å². The van der Waals surface area contributed by atoms with Crippen LogP contribution >= 0.6 is 46.7 Å². The van der Waals surface area contributed by atoms with Gasteiger partial charge in [0.15, 0.2) is 29.0 Å². The van der Waals surface area contributed by atoms with Gasteiger partial charge in [0.2, 0.25) is 0 Å². The Hall–Kier alpha value is -4.37. The summed E-state index contributed by atoms with van der Waals surface area (Å²) in [6, 6.07) is 15.2. The van der Waals surface area contributed by atoms with Crippen molar-refractivity contribution >= 4 is 75.8 Å². The van der Waals surface area contributed by atoms with Crippen molar-refractivity contribution in [2.24, 2.45) is 7.05 Å². The van der Waals surface area contributed by atoms with Crippen LogP contribution in [-0.2, 0) is 16.6 Å². The van der Waals surface area contributed by atoms with Crippen molar-refractivity contribution in [3.8, 4) is 17.2 Å². The molecule has 47 heavy (non-hydrogen) atoms. The lowest BCUT2D eigenvalue weighted by Crippen LogP contribution is -2.19. The number of fused-ring (bicyclic) bond motifs is 1. The SMILES string of the molecule is CNc1nc(SC)ncc1C=O.COC(=O)COc1ccc(Cl)cc1.CSc1ncc2cc(Oc3ccc(Cl)cc3)c(=O)n(C)c2n1. The van der Waals surface area contributed by atoms with Gasteiger partial charge in [0, 0.05) is 41.9 Å². The number of benzene rings is 2. The smallest absolute Gasteiger partial charge is 0.343 e. The lowest BCUT2D eigenvalue weighted by molar-refractivity contribution is -0.142. The number of esters is 1. The second-order valence-corrected chi connectivity index (χ2v) is 11.3. The number of rotatable bonds is 9. The topological polar surface area (TPSA) is 147 Å². The first-order valence-electron chi connectivity index (χ1n) is 13.5. The van der Waals surface area contributed by atoms with E-state index in [-0.39, 0.29) is 17.9 Å². The third-order valence-electron chi connectivity index (χ3n) is 5.86. The van der Waals surface area contributed by atoms with E-state index in [2.05, 4.69) is 30.0 Å². The van der Waals surface area contributed by atoms with Gasteiger partial charge in [-0.2, -0.15) is 0 Å². The van der Waals surface area contributed by atoms with Crippen LogP contribution < -0.4 is 20.3 Å². The molecule has 246 valence electrons. The van der Waals surface area contributed by atoms with Crippen molar-refractivity contribution in [3.63, 3.8) is 0 Å². The standard InChI is InChI=1S/C15H12ClN3O2S.C9H9ClO3.C7H9N3OS/c1-19-13-9(8-17-15(18-13)22-2)7-12(14(19)20)21-11-5-3-10(16)4-6-11;1-12-9(11)6-13-8-4-2-7(10)3-5-8;1-8-6-5(4-11)3-9-7(10-6)12-2/h3-8H,1-2H3;2-5H,6H2,1H3;3-4H,1-2H3,(H,8,9,10). The van der Waals surface area contributed by atoms with Crippen LogP contribution in [0.2, 0.25) is 10.0 Å². The summed E-state index contributed by atoms with van der Waals surface area (Å²) in [7, 11) is 4.70. The molecule has 0 atom stereocenters. The van der Waals surface area contributed by atoms with Crippen molar-refractivity contribution in [2.75, 3.05) is 38.6 Å². The molecular formula is C31H30Cl2N6O6S2. The number of hydrogen-bond donors (Lipinski definition) is 1. The van der Waals surface area contributed by atoms with Crippen molar-refractivity contribution in [3.05, 3.63) is 93.0 Å². The molecule has 0 aliphatic carbocycles. The maximum absolute atomic E-state index is 12.4. The molecule has 3 aromatic heterocycles. The zero-order chi connectivity index (χ0) is 34.3. The first-order valence-corrected chi connectivity index (χ1v) is 16.7. The maximum atomic E-state index is 12.4. The number of aromatic nitrogens is 5. The molecule has 16 heteroatoms. The largest absolute Gasteiger partial charge is 0.482 e. The van der Waals surface area contributed by atoms with E-state index in [9.17, 15) is 14.4 Å². The van der Waals surface area contributed by atoms with E-state index in [0.29, 0.717) is 48.9 Å². The minimum absolute atomic E-state index is 0.0852. The molecular weight excluding hydrogens is 687 g/mol. The highest BCUT2D eigenvalue weighted by molar-refractivity contribution is 7.98. The average Bonchev–Trinajstić information content (AvgIpc) is 3.11. The molecule has 1 N–H and O–H groups in total. The Bertz CT molecular complexity index is 1860. The van der Waals surface area contributed by atoms with Crippen LogP contribution in [0.1, 0.15) is 10.4 Å². The van der Waals surface area contributed by atoms with Gasteiger partial charge < -0.3 is 19.5 Å². The second kappa shape index (κ2) is 18.7. The summed E-state index contributed by atoms with van der Waals surface area (Å²) in [5, 5.41) is 6.08. The van der Waals surface area contributed by atoms with Crippen molar-refractivity contribution in [1.29, 1.82) is 0 Å². The molecule has 0 bridgehead atoms. The molecule has 5 aromatic rings. The molecule has 0 amide bonds. The fourth-order valence-electron chi connectivity index (χ4n) is 3.49. The van der Waals surface area contributed by atoms with Crippen LogP contribution in [0.3, 0.4) is 0 Å². The third-order valence-corrected chi connectivity index (χ3v) is 7.48. The normalized spacial score (nSPS) is 10.1. The van der Waals surface area contributed by atoms with E-state index < -0.39 is 5.97 Å². The van der Waals surface area contributed by atoms with Gasteiger partial charge in [-0.3, -0.25) is 14.2 Å². The molecule has 0 saturated heterocycles. The lowest BCUT2D eigenvalue weighted by atomic mass is 10.3. The van der Waals surface area contributed by atoms with Crippen molar-refractivity contribution < 1.29 is 23.8 Å². The average molecular weight is 718 g/mol. The number of aryl methyl sites for hydroxylation is 1. The highest BCUT2D eigenvalue weighted by Crippen LogP contribution is 2.23. The van der Waals surface area contributed by atoms with E-state index in [1.54, 1.807) is 74.9 Å². The Morgan fingerprint density at radius 1 is 0.936 bits per heavy atom. The molecule has 0 aliphatic heterocycles. The van der Waals surface area contributed by atoms with Crippen LogP contribution in [0.25, 0.3) is 11.0 Å². The summed E-state index contributed by atoms with van der Waals surface area (Å²) < 4.78 is 16.6. The molecule has 0 unspecified atom stereocenters. The van der Waals surface area contributed by atoms with Crippen molar-refractivity contribution in [2.45, 2.75) is 10.3 Å². The zero-order valence-electron chi connectivity index (χ0n) is 25.9. The summed E-state index contributed by atoms with van der Waals surface area (Å²) in [5.74, 6) is 1.52. The summed E-state index contributed by atoms with van der Waals surface area (Å²) in [6.07, 6.45) is 7.70. The summed E-state index contributed by atoms with van der Waals surface area (Å²) in [6.45, 7) is -0.0852. The summed E-state index contributed by atoms with van der Waals surface area (Å²) in [5.41, 5.74) is 0.802. The van der Waals surface area contributed by atoms with Gasteiger partial charge in [-0.15, -0.1) is 0 Å². The molecule has 0 spiro atoms. The van der Waals surface area contributed by atoms with Gasteiger partial charge in [0.1, 0.15) is 23.0 Å². The zero-order valence-corrected chi connectivity index (χ0v) is 29.0. The maximum Gasteiger partial charge on any atom is 0.343 e. The molecule has 0 fully saturated rings. The van der Waals surface area contributed by atoms with Crippen LogP contribution in [-0.4, -0.2) is 70.0 Å². The van der Waals surface area contributed by atoms with Gasteiger partial charge in [0.05, 0.1) is 12.7 Å². The van der Waals surface area contributed by atoms with Gasteiger partial charge in [-0.1, -0.05) is 46.7 Å². The number of aldehydes is 1. The number of methoxy groups -OCH3 is 1. The molecule has 3 heterocycles. The summed E-state index contributed by atoms with van der Waals surface area (Å²) in [4.78, 5) is 50.2. The van der Waals surface area contributed by atoms with E-state index in [1.807, 2.05) is 12.5 Å². The predicted octanol–water partition coefficient (Wildman–Crippen LogP) is 6.44.